The van der Waals surface area contributed by atoms with Crippen LogP contribution in [0.4, 0.5) is 0 Å². The van der Waals surface area contributed by atoms with Gasteiger partial charge in [0.25, 0.3) is 0 Å². The maximum absolute atomic E-state index is 10.9. The third-order valence-corrected chi connectivity index (χ3v) is 3.38. The third-order valence-electron chi connectivity index (χ3n) is 0.549. The van der Waals surface area contributed by atoms with E-state index in [2.05, 4.69) is 20.3 Å². The lowest BCUT2D eigenvalue weighted by molar-refractivity contribution is -0.197. The Balaban J connectivity index is 3.53. The second-order valence-corrected chi connectivity index (χ2v) is 5.25. The van der Waals surface area contributed by atoms with E-state index in [-0.39, 0.29) is 0 Å². The number of hydrogen-bond donors (Lipinski definition) is 0. The SMILES string of the molecule is CCOP([O-])(=S)OSCC. The summed E-state index contributed by atoms with van der Waals surface area (Å²) in [7, 11) is 0. The summed E-state index contributed by atoms with van der Waals surface area (Å²) in [4.78, 5) is 10.9. The Kier molecular flexibility index (Phi) is 6.01. The normalized spacial score (nSPS) is 16.7. The standard InChI is InChI=1S/C4H11O3PS2/c1-3-6-8(5,9)7-10-4-2/h3-4H2,1-2H3,(H,5,9)/p-1. The molecular formula is C4H10O3PS2-. The highest BCUT2D eigenvalue weighted by Gasteiger charge is 2.00. The molecule has 0 aliphatic heterocycles. The Morgan fingerprint density at radius 3 is 2.60 bits per heavy atom. The third kappa shape index (κ3) is 5.65. The Morgan fingerprint density at radius 1 is 1.60 bits per heavy atom. The summed E-state index contributed by atoms with van der Waals surface area (Å²) in [6.07, 6.45) is 0. The van der Waals surface area contributed by atoms with Crippen molar-refractivity contribution in [3.05, 3.63) is 0 Å². The van der Waals surface area contributed by atoms with Crippen LogP contribution in [0.25, 0.3) is 0 Å². The molecule has 1 unspecified atom stereocenters. The van der Waals surface area contributed by atoms with Crippen LogP contribution in [0.5, 0.6) is 0 Å². The van der Waals surface area contributed by atoms with Gasteiger partial charge in [-0.15, -0.1) is 0 Å². The van der Waals surface area contributed by atoms with Gasteiger partial charge >= 0.3 is 0 Å². The summed E-state index contributed by atoms with van der Waals surface area (Å²) in [6, 6.07) is 0. The predicted molar refractivity (Wildman–Crippen MR) is 45.1 cm³/mol. The molecule has 0 N–H and O–H groups in total. The molecule has 0 aromatic rings. The summed E-state index contributed by atoms with van der Waals surface area (Å²) >= 11 is 5.56. The van der Waals surface area contributed by atoms with E-state index < -0.39 is 6.72 Å². The smallest absolute Gasteiger partial charge is 0.130 e. The molecule has 62 valence electrons. The molecule has 0 amide bonds. The van der Waals surface area contributed by atoms with Gasteiger partial charge in [-0.1, -0.05) is 18.7 Å². The average Bonchev–Trinajstić information content (AvgIpc) is 1.84. The Labute approximate surface area is 70.6 Å². The van der Waals surface area contributed by atoms with Crippen LogP contribution in [0.1, 0.15) is 13.8 Å². The molecule has 0 aromatic carbocycles. The van der Waals surface area contributed by atoms with Crippen molar-refractivity contribution in [2.75, 3.05) is 12.4 Å². The van der Waals surface area contributed by atoms with E-state index in [1.54, 1.807) is 6.92 Å². The average molecular weight is 201 g/mol. The number of rotatable bonds is 5. The molecule has 0 radical (unpaired) electrons. The van der Waals surface area contributed by atoms with Crippen molar-refractivity contribution in [3.63, 3.8) is 0 Å². The highest BCUT2D eigenvalue weighted by molar-refractivity contribution is 8.11. The van der Waals surface area contributed by atoms with Crippen molar-refractivity contribution in [3.8, 4) is 0 Å². The van der Waals surface area contributed by atoms with Crippen LogP contribution in [0, 0.1) is 0 Å². The minimum atomic E-state index is -3.16. The predicted octanol–water partition coefficient (Wildman–Crippen LogP) is 1.29. The fraction of sp³-hybridized carbons (Fsp3) is 1.00. The van der Waals surface area contributed by atoms with Gasteiger partial charge in [-0.3, -0.25) is 3.97 Å². The van der Waals surface area contributed by atoms with E-state index in [0.29, 0.717) is 12.4 Å². The van der Waals surface area contributed by atoms with Gasteiger partial charge in [0.15, 0.2) is 0 Å². The first-order valence-corrected chi connectivity index (χ1v) is 6.36. The van der Waals surface area contributed by atoms with Crippen LogP contribution >= 0.6 is 18.8 Å². The van der Waals surface area contributed by atoms with E-state index >= 15 is 0 Å². The zero-order valence-corrected chi connectivity index (χ0v) is 8.43. The maximum Gasteiger partial charge on any atom is 0.130 e. The zero-order valence-electron chi connectivity index (χ0n) is 5.90. The molecule has 6 heteroatoms. The summed E-state index contributed by atoms with van der Waals surface area (Å²) in [5.41, 5.74) is 0. The second kappa shape index (κ2) is 5.52. The Hall–Kier alpha value is 0.880. The lowest BCUT2D eigenvalue weighted by Gasteiger charge is -2.24. The molecule has 1 atom stereocenters. The molecule has 0 rings (SSSR count). The largest absolute Gasteiger partial charge is 0.779 e. The molecule has 3 nitrogen and oxygen atoms in total. The zero-order chi connectivity index (χ0) is 8.04. The van der Waals surface area contributed by atoms with Crippen molar-refractivity contribution in [1.82, 2.24) is 0 Å². The summed E-state index contributed by atoms with van der Waals surface area (Å²) in [6.45, 7) is 0.764. The van der Waals surface area contributed by atoms with Gasteiger partial charge in [-0.05, 0) is 19.0 Å². The van der Waals surface area contributed by atoms with Crippen molar-refractivity contribution in [1.29, 1.82) is 0 Å². The van der Waals surface area contributed by atoms with Crippen LogP contribution in [0.15, 0.2) is 0 Å². The van der Waals surface area contributed by atoms with Crippen LogP contribution in [-0.2, 0) is 20.3 Å². The maximum atomic E-state index is 10.9. The molecule has 10 heavy (non-hydrogen) atoms. The highest BCUT2D eigenvalue weighted by atomic mass is 32.5. The van der Waals surface area contributed by atoms with Gasteiger partial charge in [-0.25, -0.2) is 0 Å². The van der Waals surface area contributed by atoms with E-state index in [0.717, 1.165) is 12.0 Å². The fourth-order valence-electron chi connectivity index (χ4n) is 0.297. The molecule has 0 saturated carbocycles. The van der Waals surface area contributed by atoms with E-state index in [9.17, 15) is 4.89 Å². The first kappa shape index (κ1) is 10.9. The highest BCUT2D eigenvalue weighted by Crippen LogP contribution is 2.42. The summed E-state index contributed by atoms with van der Waals surface area (Å²) in [5, 5.41) is 0. The summed E-state index contributed by atoms with van der Waals surface area (Å²) in [5.74, 6) is 0.716. The monoisotopic (exact) mass is 201 g/mol. The number of hydrogen-bond acceptors (Lipinski definition) is 5. The van der Waals surface area contributed by atoms with Gasteiger partial charge < -0.3 is 9.42 Å². The minimum absolute atomic E-state index is 0.324. The lowest BCUT2D eigenvalue weighted by Crippen LogP contribution is -2.04. The molecule has 0 heterocycles. The van der Waals surface area contributed by atoms with Crippen molar-refractivity contribution >= 4 is 30.6 Å². The van der Waals surface area contributed by atoms with E-state index in [1.165, 1.54) is 0 Å². The van der Waals surface area contributed by atoms with Crippen LogP contribution in [0.2, 0.25) is 0 Å². The van der Waals surface area contributed by atoms with E-state index in [1.807, 2.05) is 6.92 Å². The molecule has 0 aliphatic rings. The Morgan fingerprint density at radius 2 is 2.20 bits per heavy atom. The molecule has 0 bridgehead atoms. The van der Waals surface area contributed by atoms with Crippen LogP contribution in [-0.4, -0.2) is 12.4 Å². The first-order chi connectivity index (χ1) is 4.62. The van der Waals surface area contributed by atoms with Crippen LogP contribution in [0.3, 0.4) is 0 Å². The molecule has 0 saturated heterocycles. The molecule has 0 aromatic heterocycles. The quantitative estimate of drug-likeness (QED) is 0.495. The fourth-order valence-corrected chi connectivity index (χ4v) is 2.43. The molecule has 0 spiro atoms. The topological polar surface area (TPSA) is 41.5 Å². The van der Waals surface area contributed by atoms with Gasteiger partial charge in [0, 0.05) is 5.75 Å². The summed E-state index contributed by atoms with van der Waals surface area (Å²) < 4.78 is 9.34. The minimum Gasteiger partial charge on any atom is -0.779 e. The van der Waals surface area contributed by atoms with Crippen LogP contribution < -0.4 is 4.89 Å². The molecule has 0 aliphatic carbocycles. The first-order valence-electron chi connectivity index (χ1n) is 2.89. The van der Waals surface area contributed by atoms with Crippen molar-refractivity contribution < 1.29 is 13.4 Å². The van der Waals surface area contributed by atoms with Gasteiger partial charge in [-0.2, -0.15) is 0 Å². The van der Waals surface area contributed by atoms with Crippen molar-refractivity contribution in [2.45, 2.75) is 13.8 Å². The molecule has 0 fully saturated rings. The Bertz CT molecular complexity index is 130. The van der Waals surface area contributed by atoms with Gasteiger partial charge in [0.05, 0.1) is 6.61 Å². The van der Waals surface area contributed by atoms with Gasteiger partial charge in [0.2, 0.25) is 0 Å². The molecular weight excluding hydrogens is 191 g/mol. The lowest BCUT2D eigenvalue weighted by atomic mass is 10.9. The van der Waals surface area contributed by atoms with E-state index in [4.69, 9.17) is 0 Å². The van der Waals surface area contributed by atoms with Gasteiger partial charge in [0.1, 0.15) is 6.72 Å². The second-order valence-electron chi connectivity index (χ2n) is 1.35. The van der Waals surface area contributed by atoms with Crippen molar-refractivity contribution in [2.24, 2.45) is 0 Å².